The van der Waals surface area contributed by atoms with Crippen molar-refractivity contribution < 1.29 is 4.79 Å². The number of nitrogens with one attached hydrogen (secondary N) is 2. The molecule has 0 aliphatic rings. The number of carbonyl (C=O) groups excluding carboxylic acids is 1. The Labute approximate surface area is 105 Å². The molecule has 0 saturated heterocycles. The molecule has 2 heterocycles. The van der Waals surface area contributed by atoms with Gasteiger partial charge in [-0.2, -0.15) is 0 Å². The molecule has 94 valence electrons. The van der Waals surface area contributed by atoms with Crippen LogP contribution in [0.25, 0.3) is 11.0 Å². The lowest BCUT2D eigenvalue weighted by atomic mass is 10.0. The molecule has 0 aliphatic heterocycles. The van der Waals surface area contributed by atoms with Gasteiger partial charge >= 0.3 is 0 Å². The number of fused-ring (bicyclic) bond motifs is 1. The maximum Gasteiger partial charge on any atom is 0.250 e. The van der Waals surface area contributed by atoms with Gasteiger partial charge in [-0.15, -0.1) is 0 Å². The minimum absolute atomic E-state index is 0.394. The molecule has 0 atom stereocenters. The highest BCUT2D eigenvalue weighted by Gasteiger charge is 2.09. The van der Waals surface area contributed by atoms with Crippen LogP contribution in [-0.4, -0.2) is 21.6 Å². The van der Waals surface area contributed by atoms with Crippen LogP contribution < -0.4 is 5.73 Å². The molecule has 2 aromatic heterocycles. The fourth-order valence-electron chi connectivity index (χ4n) is 1.96. The van der Waals surface area contributed by atoms with E-state index in [1.54, 1.807) is 6.07 Å². The lowest BCUT2D eigenvalue weighted by Crippen LogP contribution is -2.11. The summed E-state index contributed by atoms with van der Waals surface area (Å²) in [5.74, 6) is -0.486. The Kier molecular flexibility index (Phi) is 3.41. The maximum atomic E-state index is 11.1. The number of rotatable bonds is 5. The molecule has 1 amide bonds. The lowest BCUT2D eigenvalue weighted by Gasteiger charge is -2.01. The van der Waals surface area contributed by atoms with Gasteiger partial charge < -0.3 is 16.1 Å². The second-order valence-electron chi connectivity index (χ2n) is 4.33. The van der Waals surface area contributed by atoms with Gasteiger partial charge in [-0.25, -0.2) is 4.98 Å². The smallest absolute Gasteiger partial charge is 0.250 e. The predicted molar refractivity (Wildman–Crippen MR) is 71.0 cm³/mol. The van der Waals surface area contributed by atoms with Crippen molar-refractivity contribution in [3.63, 3.8) is 0 Å². The molecule has 5 heteroatoms. The summed E-state index contributed by atoms with van der Waals surface area (Å²) in [6, 6.07) is 1.73. The third-order valence-corrected chi connectivity index (χ3v) is 2.86. The molecule has 0 aromatic carbocycles. The van der Waals surface area contributed by atoms with Crippen molar-refractivity contribution in [3.8, 4) is 0 Å². The van der Waals surface area contributed by atoms with E-state index in [9.17, 15) is 4.79 Å². The largest absolute Gasteiger partial charge is 0.366 e. The Bertz CT molecular complexity index is 600. The molecule has 0 saturated carbocycles. The molecule has 0 unspecified atom stereocenters. The van der Waals surface area contributed by atoms with Gasteiger partial charge in [-0.3, -0.25) is 4.79 Å². The second-order valence-corrected chi connectivity index (χ2v) is 4.33. The number of carbonyl (C=O) groups is 1. The zero-order valence-electron chi connectivity index (χ0n) is 10.3. The predicted octanol–water partition coefficient (Wildman–Crippen LogP) is 2.02. The molecule has 18 heavy (non-hydrogen) atoms. The van der Waals surface area contributed by atoms with Crippen molar-refractivity contribution in [3.05, 3.63) is 29.6 Å². The number of aromatic nitrogens is 2. The first kappa shape index (κ1) is 12.3. The summed E-state index contributed by atoms with van der Waals surface area (Å²) < 4.78 is 0. The van der Waals surface area contributed by atoms with Crippen molar-refractivity contribution >= 4 is 22.7 Å². The summed E-state index contributed by atoms with van der Waals surface area (Å²) in [5, 5.41) is 8.72. The summed E-state index contributed by atoms with van der Waals surface area (Å²) >= 11 is 0. The Morgan fingerprint density at radius 3 is 3.00 bits per heavy atom. The highest BCUT2D eigenvalue weighted by Crippen LogP contribution is 2.19. The van der Waals surface area contributed by atoms with Gasteiger partial charge in [0, 0.05) is 29.9 Å². The summed E-state index contributed by atoms with van der Waals surface area (Å²) in [7, 11) is 0. The number of hydrogen-bond donors (Lipinski definition) is 3. The highest BCUT2D eigenvalue weighted by atomic mass is 16.1. The van der Waals surface area contributed by atoms with Crippen LogP contribution in [0.15, 0.2) is 18.5 Å². The van der Waals surface area contributed by atoms with E-state index in [2.05, 4.69) is 16.9 Å². The number of nitrogens with two attached hydrogens (primary N) is 1. The first-order chi connectivity index (χ1) is 8.61. The standard InChI is InChI=1S/C13H16N4O/c1-2-3-10(14)4-8-6-16-13-11(8)5-9(7-17-13)12(15)18/h5-7,14H,2-4H2,1H3,(H2,15,18)(H,16,17). The molecule has 2 aromatic rings. The second kappa shape index (κ2) is 5.00. The number of aromatic amines is 1. The van der Waals surface area contributed by atoms with Crippen molar-refractivity contribution in [1.29, 1.82) is 5.41 Å². The average Bonchev–Trinajstić information content (AvgIpc) is 2.72. The van der Waals surface area contributed by atoms with Gasteiger partial charge in [0.2, 0.25) is 5.91 Å². The fraction of sp³-hybridized carbons (Fsp3) is 0.308. The molecule has 0 aliphatic carbocycles. The summed E-state index contributed by atoms with van der Waals surface area (Å²) in [6.07, 6.45) is 5.63. The van der Waals surface area contributed by atoms with Gasteiger partial charge in [-0.05, 0) is 18.1 Å². The van der Waals surface area contributed by atoms with Crippen LogP contribution in [0.4, 0.5) is 0 Å². The monoisotopic (exact) mass is 244 g/mol. The number of H-pyrrole nitrogens is 1. The Morgan fingerprint density at radius 2 is 2.33 bits per heavy atom. The topological polar surface area (TPSA) is 95.6 Å². The fourth-order valence-corrected chi connectivity index (χ4v) is 1.96. The van der Waals surface area contributed by atoms with Crippen molar-refractivity contribution in [1.82, 2.24) is 9.97 Å². The molecule has 0 radical (unpaired) electrons. The van der Waals surface area contributed by atoms with E-state index in [1.807, 2.05) is 6.20 Å². The van der Waals surface area contributed by atoms with E-state index in [1.165, 1.54) is 6.20 Å². The number of hydrogen-bond acceptors (Lipinski definition) is 3. The van der Waals surface area contributed by atoms with Crippen LogP contribution in [0.2, 0.25) is 0 Å². The molecule has 4 N–H and O–H groups in total. The first-order valence-corrected chi connectivity index (χ1v) is 5.94. The summed E-state index contributed by atoms with van der Waals surface area (Å²) in [5.41, 5.74) is 8.03. The average molecular weight is 244 g/mol. The van der Waals surface area contributed by atoms with E-state index in [0.717, 1.165) is 29.4 Å². The summed E-state index contributed by atoms with van der Waals surface area (Å²) in [6.45, 7) is 2.05. The van der Waals surface area contributed by atoms with Gasteiger partial charge in [0.15, 0.2) is 0 Å². The minimum atomic E-state index is -0.486. The van der Waals surface area contributed by atoms with E-state index < -0.39 is 5.91 Å². The SMILES string of the molecule is CCCC(=N)Cc1c[nH]c2ncc(C(N)=O)cc12. The Balaban J connectivity index is 2.36. The van der Waals surface area contributed by atoms with Crippen LogP contribution in [-0.2, 0) is 6.42 Å². The van der Waals surface area contributed by atoms with Crippen molar-refractivity contribution in [2.75, 3.05) is 0 Å². The Hall–Kier alpha value is -2.17. The molecular weight excluding hydrogens is 228 g/mol. The number of pyridine rings is 1. The molecule has 5 nitrogen and oxygen atoms in total. The van der Waals surface area contributed by atoms with Crippen LogP contribution in [0.5, 0.6) is 0 Å². The van der Waals surface area contributed by atoms with Crippen LogP contribution >= 0.6 is 0 Å². The number of primary amides is 1. The maximum absolute atomic E-state index is 11.1. The van der Waals surface area contributed by atoms with E-state index in [4.69, 9.17) is 11.1 Å². The zero-order valence-corrected chi connectivity index (χ0v) is 10.3. The van der Waals surface area contributed by atoms with Crippen molar-refractivity contribution in [2.45, 2.75) is 26.2 Å². The first-order valence-electron chi connectivity index (χ1n) is 5.94. The highest BCUT2D eigenvalue weighted by molar-refractivity contribution is 5.97. The van der Waals surface area contributed by atoms with Crippen LogP contribution in [0, 0.1) is 5.41 Å². The minimum Gasteiger partial charge on any atom is -0.366 e. The number of amides is 1. The van der Waals surface area contributed by atoms with Crippen LogP contribution in [0.3, 0.4) is 0 Å². The number of nitrogens with zero attached hydrogens (tertiary/aromatic N) is 1. The van der Waals surface area contributed by atoms with E-state index >= 15 is 0 Å². The summed E-state index contributed by atoms with van der Waals surface area (Å²) in [4.78, 5) is 18.3. The van der Waals surface area contributed by atoms with Crippen LogP contribution in [0.1, 0.15) is 35.7 Å². The Morgan fingerprint density at radius 1 is 1.56 bits per heavy atom. The molecule has 2 rings (SSSR count). The third kappa shape index (κ3) is 2.40. The van der Waals surface area contributed by atoms with E-state index in [0.29, 0.717) is 17.7 Å². The zero-order chi connectivity index (χ0) is 13.1. The molecule has 0 spiro atoms. The van der Waals surface area contributed by atoms with Gasteiger partial charge in [-0.1, -0.05) is 13.3 Å². The normalized spacial score (nSPS) is 10.7. The molecule has 0 bridgehead atoms. The van der Waals surface area contributed by atoms with Gasteiger partial charge in [0.1, 0.15) is 5.65 Å². The van der Waals surface area contributed by atoms with Gasteiger partial charge in [0.05, 0.1) is 5.56 Å². The van der Waals surface area contributed by atoms with Gasteiger partial charge in [0.25, 0.3) is 0 Å². The quantitative estimate of drug-likeness (QED) is 0.701. The van der Waals surface area contributed by atoms with Crippen molar-refractivity contribution in [2.24, 2.45) is 5.73 Å². The molecule has 0 fully saturated rings. The lowest BCUT2D eigenvalue weighted by molar-refractivity contribution is 0.1000. The third-order valence-electron chi connectivity index (χ3n) is 2.86. The molecular formula is C13H16N4O. The van der Waals surface area contributed by atoms with E-state index in [-0.39, 0.29) is 0 Å².